The molecular weight excluding hydrogens is 587 g/mol. The van der Waals surface area contributed by atoms with Crippen molar-refractivity contribution in [2.75, 3.05) is 69.3 Å². The molecule has 46 heavy (non-hydrogen) atoms. The highest BCUT2D eigenvalue weighted by atomic mass is 19.1. The number of piperazine rings is 1. The molecule has 1 amide bonds. The second-order valence-electron chi connectivity index (χ2n) is 13.2. The van der Waals surface area contributed by atoms with Gasteiger partial charge in [0.15, 0.2) is 12.1 Å². The summed E-state index contributed by atoms with van der Waals surface area (Å²) in [6.07, 6.45) is 8.21. The molecule has 0 bridgehead atoms. The van der Waals surface area contributed by atoms with Crippen molar-refractivity contribution in [2.45, 2.75) is 71.2 Å². The molecule has 7 rings (SSSR count). The van der Waals surface area contributed by atoms with E-state index in [1.54, 1.807) is 0 Å². The number of anilines is 2. The van der Waals surface area contributed by atoms with Crippen molar-refractivity contribution in [2.24, 2.45) is 0 Å². The number of ether oxygens (including phenoxy) is 2. The zero-order chi connectivity index (χ0) is 31.9. The fourth-order valence-corrected chi connectivity index (χ4v) is 7.51. The van der Waals surface area contributed by atoms with Crippen molar-refractivity contribution < 1.29 is 18.7 Å². The first kappa shape index (κ1) is 30.9. The maximum atomic E-state index is 13.6. The minimum absolute atomic E-state index is 0.0315. The van der Waals surface area contributed by atoms with Crippen LogP contribution in [0.4, 0.5) is 15.9 Å². The Morgan fingerprint density at radius 2 is 1.89 bits per heavy atom. The lowest BCUT2D eigenvalue weighted by Crippen LogP contribution is -2.49. The van der Waals surface area contributed by atoms with Gasteiger partial charge in [0.05, 0.1) is 29.6 Å². The summed E-state index contributed by atoms with van der Waals surface area (Å²) in [5.74, 6) is -0.695. The molecule has 11 nitrogen and oxygen atoms in total. The number of hydrogen-bond acceptors (Lipinski definition) is 9. The number of halogens is 1. The molecule has 3 aromatic rings. The van der Waals surface area contributed by atoms with Gasteiger partial charge in [0.25, 0.3) is 5.91 Å². The summed E-state index contributed by atoms with van der Waals surface area (Å²) in [4.78, 5) is 30.7. The zero-order valence-corrected chi connectivity index (χ0v) is 27.3. The molecule has 0 saturated carbocycles. The highest BCUT2D eigenvalue weighted by molar-refractivity contribution is 5.95. The van der Waals surface area contributed by atoms with Gasteiger partial charge in [-0.25, -0.2) is 9.07 Å². The van der Waals surface area contributed by atoms with Crippen LogP contribution in [0.25, 0.3) is 10.9 Å². The molecule has 246 valence electrons. The van der Waals surface area contributed by atoms with E-state index >= 15 is 0 Å². The lowest BCUT2D eigenvalue weighted by atomic mass is 9.99. The third-order valence-corrected chi connectivity index (χ3v) is 10.3. The SMILES string of the molecule is C=C(F)C(=O)N1CCN(c2nc(OC[C@@H]3CCCN3C)nc3c2CCN(c2c(C)c(C)cc4c2cnn4C2CCCCO2)C3)CC1. The van der Waals surface area contributed by atoms with Crippen LogP contribution in [-0.4, -0.2) is 101 Å². The highest BCUT2D eigenvalue weighted by Crippen LogP contribution is 2.39. The summed E-state index contributed by atoms with van der Waals surface area (Å²) >= 11 is 0. The maximum Gasteiger partial charge on any atom is 0.318 e. The molecule has 2 atom stereocenters. The van der Waals surface area contributed by atoms with E-state index in [-0.39, 0.29) is 6.23 Å². The van der Waals surface area contributed by atoms with E-state index in [4.69, 9.17) is 24.5 Å². The highest BCUT2D eigenvalue weighted by Gasteiger charge is 2.32. The van der Waals surface area contributed by atoms with Crippen LogP contribution in [0, 0.1) is 13.8 Å². The van der Waals surface area contributed by atoms with Crippen LogP contribution < -0.4 is 14.5 Å². The first-order valence-corrected chi connectivity index (χ1v) is 16.7. The van der Waals surface area contributed by atoms with E-state index in [0.717, 1.165) is 86.2 Å². The molecule has 2 aromatic heterocycles. The van der Waals surface area contributed by atoms with Gasteiger partial charge < -0.3 is 29.1 Å². The number of rotatable bonds is 7. The lowest BCUT2D eigenvalue weighted by Gasteiger charge is -2.38. The van der Waals surface area contributed by atoms with Gasteiger partial charge in [0.2, 0.25) is 0 Å². The van der Waals surface area contributed by atoms with Crippen LogP contribution in [0.3, 0.4) is 0 Å². The number of nitrogens with zero attached hydrogens (tertiary/aromatic N) is 8. The molecule has 0 radical (unpaired) electrons. The summed E-state index contributed by atoms with van der Waals surface area (Å²) in [5, 5.41) is 5.97. The van der Waals surface area contributed by atoms with Crippen molar-refractivity contribution in [3.8, 4) is 6.01 Å². The Morgan fingerprint density at radius 1 is 1.07 bits per heavy atom. The van der Waals surface area contributed by atoms with Crippen molar-refractivity contribution in [1.82, 2.24) is 29.5 Å². The Kier molecular flexibility index (Phi) is 8.58. The summed E-state index contributed by atoms with van der Waals surface area (Å²) in [5.41, 5.74) is 6.83. The molecule has 4 aliphatic rings. The van der Waals surface area contributed by atoms with Crippen molar-refractivity contribution in [3.05, 3.63) is 47.1 Å². The van der Waals surface area contributed by atoms with Crippen molar-refractivity contribution in [1.29, 1.82) is 0 Å². The minimum Gasteiger partial charge on any atom is -0.462 e. The second-order valence-corrected chi connectivity index (χ2v) is 13.2. The van der Waals surface area contributed by atoms with Gasteiger partial charge >= 0.3 is 6.01 Å². The fourth-order valence-electron chi connectivity index (χ4n) is 7.51. The monoisotopic (exact) mass is 632 g/mol. The third-order valence-electron chi connectivity index (χ3n) is 10.3. The second kappa shape index (κ2) is 12.8. The number of hydrogen-bond donors (Lipinski definition) is 0. The molecule has 0 spiro atoms. The van der Waals surface area contributed by atoms with Gasteiger partial charge in [-0.3, -0.25) is 4.79 Å². The van der Waals surface area contributed by atoms with E-state index in [0.29, 0.717) is 51.4 Å². The van der Waals surface area contributed by atoms with E-state index in [2.05, 4.69) is 52.9 Å². The smallest absolute Gasteiger partial charge is 0.318 e. The molecule has 1 unspecified atom stereocenters. The van der Waals surface area contributed by atoms with Crippen LogP contribution in [0.5, 0.6) is 6.01 Å². The van der Waals surface area contributed by atoms with Crippen LogP contribution in [0.2, 0.25) is 0 Å². The number of fused-ring (bicyclic) bond motifs is 2. The Balaban J connectivity index is 1.20. The van der Waals surface area contributed by atoms with Crippen LogP contribution >= 0.6 is 0 Å². The Bertz CT molecular complexity index is 1630. The number of aryl methyl sites for hydroxylation is 1. The summed E-state index contributed by atoms with van der Waals surface area (Å²) in [6.45, 7) is 13.3. The quantitative estimate of drug-likeness (QED) is 0.354. The standard InChI is InChI=1S/C34H45FN8O3/c1-22-18-29-27(19-36-43(29)30-9-5-6-17-45-30)31(23(22)2)42-12-10-26-28(20-42)37-34(46-21-25-8-7-11-39(25)4)38-32(26)40-13-15-41(16-14-40)33(44)24(3)35/h18-19,25,30H,3,5-17,20-21H2,1-2,4H3/t25-,30?/m0/s1. The van der Waals surface area contributed by atoms with Gasteiger partial charge in [-0.1, -0.05) is 6.58 Å². The summed E-state index contributed by atoms with van der Waals surface area (Å²) in [7, 11) is 2.14. The molecule has 6 heterocycles. The molecule has 3 saturated heterocycles. The van der Waals surface area contributed by atoms with Gasteiger partial charge in [0.1, 0.15) is 12.4 Å². The molecule has 0 aliphatic carbocycles. The Hall–Kier alpha value is -3.77. The van der Waals surface area contributed by atoms with Crippen LogP contribution in [0.1, 0.15) is 60.7 Å². The van der Waals surface area contributed by atoms with E-state index in [1.807, 2.05) is 6.20 Å². The molecule has 1 aromatic carbocycles. The average Bonchev–Trinajstić information content (AvgIpc) is 3.69. The van der Waals surface area contributed by atoms with Crippen molar-refractivity contribution in [3.63, 3.8) is 0 Å². The van der Waals surface area contributed by atoms with Gasteiger partial charge in [0, 0.05) is 56.3 Å². The minimum atomic E-state index is -0.919. The number of likely N-dealkylation sites (N-methyl/N-ethyl adjacent to an activating group) is 1. The topological polar surface area (TPSA) is 92.1 Å². The fraction of sp³-hybridized carbons (Fsp3) is 0.588. The summed E-state index contributed by atoms with van der Waals surface area (Å²) in [6, 6.07) is 2.97. The molecule has 3 fully saturated rings. The first-order valence-electron chi connectivity index (χ1n) is 16.7. The average molecular weight is 633 g/mol. The van der Waals surface area contributed by atoms with E-state index in [9.17, 15) is 9.18 Å². The molecular formula is C34H45FN8O3. The number of aromatic nitrogens is 4. The van der Waals surface area contributed by atoms with Gasteiger partial charge in [-0.2, -0.15) is 15.1 Å². The maximum absolute atomic E-state index is 13.6. The summed E-state index contributed by atoms with van der Waals surface area (Å²) < 4.78 is 28.1. The molecule has 0 N–H and O–H groups in total. The van der Waals surface area contributed by atoms with Crippen LogP contribution in [0.15, 0.2) is 24.7 Å². The lowest BCUT2D eigenvalue weighted by molar-refractivity contribution is -0.128. The largest absolute Gasteiger partial charge is 0.462 e. The molecule has 4 aliphatic heterocycles. The normalized spacial score (nSPS) is 22.4. The number of carbonyl (C=O) groups is 1. The van der Waals surface area contributed by atoms with Crippen molar-refractivity contribution >= 4 is 28.3 Å². The third kappa shape index (κ3) is 5.81. The number of amides is 1. The number of likely N-dealkylation sites (tertiary alicyclic amines) is 1. The first-order chi connectivity index (χ1) is 22.3. The van der Waals surface area contributed by atoms with E-state index < -0.39 is 11.7 Å². The Labute approximate surface area is 269 Å². The number of carbonyl (C=O) groups excluding carboxylic acids is 1. The Morgan fingerprint density at radius 3 is 2.61 bits per heavy atom. The predicted octanol–water partition coefficient (Wildman–Crippen LogP) is 4.31. The molecule has 12 heteroatoms. The van der Waals surface area contributed by atoms with E-state index in [1.165, 1.54) is 21.7 Å². The van der Waals surface area contributed by atoms with Gasteiger partial charge in [-0.05, 0) is 83.2 Å². The number of benzene rings is 1. The zero-order valence-electron chi connectivity index (χ0n) is 27.3. The van der Waals surface area contributed by atoms with Crippen LogP contribution in [-0.2, 0) is 22.5 Å². The predicted molar refractivity (Wildman–Crippen MR) is 175 cm³/mol. The van der Waals surface area contributed by atoms with Gasteiger partial charge in [-0.15, -0.1) is 0 Å².